The van der Waals surface area contributed by atoms with Crippen LogP contribution >= 0.6 is 0 Å². The minimum atomic E-state index is 0.704. The number of hydrogen-bond donors (Lipinski definition) is 1. The Hall–Kier alpha value is -1.42. The zero-order valence-corrected chi connectivity index (χ0v) is 9.64. The molecule has 84 valence electrons. The van der Waals surface area contributed by atoms with Crippen LogP contribution in [-0.4, -0.2) is 20.6 Å². The van der Waals surface area contributed by atoms with Crippen molar-refractivity contribution < 1.29 is 0 Å². The lowest BCUT2D eigenvalue weighted by Gasteiger charge is -2.03. The lowest BCUT2D eigenvalue weighted by molar-refractivity contribution is 0.647. The van der Waals surface area contributed by atoms with Gasteiger partial charge in [-0.25, -0.2) is 9.50 Å². The molecule has 4 nitrogen and oxygen atoms in total. The van der Waals surface area contributed by atoms with E-state index >= 15 is 0 Å². The van der Waals surface area contributed by atoms with Gasteiger partial charge in [-0.2, -0.15) is 5.10 Å². The highest BCUT2D eigenvalue weighted by Crippen LogP contribution is 2.29. The van der Waals surface area contributed by atoms with Crippen LogP contribution in [0.3, 0.4) is 0 Å². The van der Waals surface area contributed by atoms with Crippen molar-refractivity contribution >= 4 is 5.65 Å². The highest BCUT2D eigenvalue weighted by Gasteiger charge is 2.31. The summed E-state index contributed by atoms with van der Waals surface area (Å²) in [6.45, 7) is 5.14. The molecule has 0 bridgehead atoms. The first kappa shape index (κ1) is 9.78. The van der Waals surface area contributed by atoms with Crippen LogP contribution in [0.15, 0.2) is 18.5 Å². The molecule has 0 amide bonds. The summed E-state index contributed by atoms with van der Waals surface area (Å²) in [5.74, 6) is 0.837. The van der Waals surface area contributed by atoms with Crippen LogP contribution in [0.5, 0.6) is 0 Å². The Morgan fingerprint density at radius 2 is 2.38 bits per heavy atom. The van der Waals surface area contributed by atoms with Gasteiger partial charge in [-0.1, -0.05) is 6.92 Å². The van der Waals surface area contributed by atoms with E-state index in [0.717, 1.165) is 23.8 Å². The van der Waals surface area contributed by atoms with Crippen molar-refractivity contribution in [3.8, 4) is 0 Å². The Balaban J connectivity index is 1.76. The van der Waals surface area contributed by atoms with Gasteiger partial charge in [0.05, 0.1) is 5.69 Å². The largest absolute Gasteiger partial charge is 0.310 e. The number of hydrogen-bond acceptors (Lipinski definition) is 3. The monoisotopic (exact) mass is 216 g/mol. The van der Waals surface area contributed by atoms with E-state index in [4.69, 9.17) is 0 Å². The third kappa shape index (κ3) is 1.80. The zero-order chi connectivity index (χ0) is 11.1. The Kier molecular flexibility index (Phi) is 2.17. The Labute approximate surface area is 94.7 Å². The molecule has 0 radical (unpaired) electrons. The molecule has 2 heterocycles. The van der Waals surface area contributed by atoms with Gasteiger partial charge >= 0.3 is 0 Å². The van der Waals surface area contributed by atoms with Gasteiger partial charge in [-0.15, -0.1) is 0 Å². The average Bonchev–Trinajstić information content (AvgIpc) is 2.82. The molecule has 1 saturated carbocycles. The van der Waals surface area contributed by atoms with E-state index in [1.165, 1.54) is 12.0 Å². The standard InChI is InChI=1S/C12H16N4/c1-8-3-11(8)13-5-10-6-14-12-4-9(2)15-16(12)7-10/h4,6-8,11,13H,3,5H2,1-2H3. The first-order chi connectivity index (χ1) is 7.72. The van der Waals surface area contributed by atoms with Crippen molar-refractivity contribution in [2.45, 2.75) is 32.9 Å². The van der Waals surface area contributed by atoms with Gasteiger partial charge in [0.1, 0.15) is 0 Å². The highest BCUT2D eigenvalue weighted by atomic mass is 15.2. The second kappa shape index (κ2) is 3.56. The molecule has 0 spiro atoms. The average molecular weight is 216 g/mol. The maximum atomic E-state index is 4.38. The van der Waals surface area contributed by atoms with E-state index in [0.29, 0.717) is 6.04 Å². The third-order valence-electron chi connectivity index (χ3n) is 3.17. The Bertz CT molecular complexity index is 517. The number of fused-ring (bicyclic) bond motifs is 1. The summed E-state index contributed by atoms with van der Waals surface area (Å²) >= 11 is 0. The molecule has 0 aromatic carbocycles. The van der Waals surface area contributed by atoms with E-state index in [-0.39, 0.29) is 0 Å². The second-order valence-corrected chi connectivity index (χ2v) is 4.75. The summed E-state index contributed by atoms with van der Waals surface area (Å²) in [5, 5.41) is 7.87. The van der Waals surface area contributed by atoms with E-state index in [1.807, 2.05) is 23.7 Å². The fourth-order valence-electron chi connectivity index (χ4n) is 1.98. The van der Waals surface area contributed by atoms with Gasteiger partial charge < -0.3 is 5.32 Å². The molecule has 1 aliphatic carbocycles. The molecular weight excluding hydrogens is 200 g/mol. The molecule has 1 aliphatic rings. The Morgan fingerprint density at radius 3 is 3.12 bits per heavy atom. The van der Waals surface area contributed by atoms with Crippen molar-refractivity contribution in [1.82, 2.24) is 19.9 Å². The summed E-state index contributed by atoms with van der Waals surface area (Å²) in [6, 6.07) is 2.69. The molecular formula is C12H16N4. The first-order valence-electron chi connectivity index (χ1n) is 5.76. The Morgan fingerprint density at radius 1 is 1.56 bits per heavy atom. The normalized spacial score (nSPS) is 23.9. The van der Waals surface area contributed by atoms with Crippen molar-refractivity contribution in [2.24, 2.45) is 5.92 Å². The summed E-state index contributed by atoms with van der Waals surface area (Å²) in [4.78, 5) is 4.38. The van der Waals surface area contributed by atoms with Crippen LogP contribution in [0, 0.1) is 12.8 Å². The van der Waals surface area contributed by atoms with Crippen molar-refractivity contribution in [1.29, 1.82) is 0 Å². The first-order valence-corrected chi connectivity index (χ1v) is 5.76. The smallest absolute Gasteiger partial charge is 0.155 e. The van der Waals surface area contributed by atoms with Gasteiger partial charge in [0, 0.05) is 36.6 Å². The van der Waals surface area contributed by atoms with E-state index in [1.54, 1.807) is 0 Å². The lowest BCUT2D eigenvalue weighted by atomic mass is 10.3. The van der Waals surface area contributed by atoms with E-state index in [2.05, 4.69) is 28.5 Å². The maximum absolute atomic E-state index is 4.38. The van der Waals surface area contributed by atoms with Crippen LogP contribution < -0.4 is 5.32 Å². The SMILES string of the molecule is Cc1cc2ncc(CNC3CC3C)cn2n1. The number of nitrogens with zero attached hydrogens (tertiary/aromatic N) is 3. The molecule has 2 aromatic rings. The summed E-state index contributed by atoms with van der Waals surface area (Å²) in [7, 11) is 0. The molecule has 1 N–H and O–H groups in total. The minimum absolute atomic E-state index is 0.704. The van der Waals surface area contributed by atoms with Crippen molar-refractivity contribution in [2.75, 3.05) is 0 Å². The van der Waals surface area contributed by atoms with Gasteiger partial charge in [0.25, 0.3) is 0 Å². The zero-order valence-electron chi connectivity index (χ0n) is 9.64. The number of aryl methyl sites for hydroxylation is 1. The quantitative estimate of drug-likeness (QED) is 0.846. The van der Waals surface area contributed by atoms with Gasteiger partial charge in [0.2, 0.25) is 0 Å². The molecule has 2 aromatic heterocycles. The summed E-state index contributed by atoms with van der Waals surface area (Å²) < 4.78 is 1.85. The maximum Gasteiger partial charge on any atom is 0.155 e. The molecule has 0 saturated heterocycles. The van der Waals surface area contributed by atoms with Gasteiger partial charge in [0.15, 0.2) is 5.65 Å². The third-order valence-corrected chi connectivity index (χ3v) is 3.17. The van der Waals surface area contributed by atoms with E-state index < -0.39 is 0 Å². The van der Waals surface area contributed by atoms with Gasteiger partial charge in [-0.3, -0.25) is 0 Å². The van der Waals surface area contributed by atoms with Crippen LogP contribution in [0.4, 0.5) is 0 Å². The molecule has 1 fully saturated rings. The molecule has 3 rings (SSSR count). The summed E-state index contributed by atoms with van der Waals surface area (Å²) in [5.41, 5.74) is 3.11. The summed E-state index contributed by atoms with van der Waals surface area (Å²) in [6.07, 6.45) is 5.28. The van der Waals surface area contributed by atoms with Crippen molar-refractivity contribution in [3.63, 3.8) is 0 Å². The van der Waals surface area contributed by atoms with Crippen LogP contribution in [-0.2, 0) is 6.54 Å². The predicted molar refractivity (Wildman–Crippen MR) is 62.1 cm³/mol. The van der Waals surface area contributed by atoms with Crippen LogP contribution in [0.25, 0.3) is 5.65 Å². The number of nitrogens with one attached hydrogen (secondary N) is 1. The predicted octanol–water partition coefficient (Wildman–Crippen LogP) is 1.54. The van der Waals surface area contributed by atoms with Crippen LogP contribution in [0.2, 0.25) is 0 Å². The molecule has 16 heavy (non-hydrogen) atoms. The van der Waals surface area contributed by atoms with Crippen LogP contribution in [0.1, 0.15) is 24.6 Å². The number of rotatable bonds is 3. The molecule has 4 heteroatoms. The highest BCUT2D eigenvalue weighted by molar-refractivity contribution is 5.38. The molecule has 2 unspecified atom stereocenters. The fourth-order valence-corrected chi connectivity index (χ4v) is 1.98. The fraction of sp³-hybridized carbons (Fsp3) is 0.500. The topological polar surface area (TPSA) is 42.2 Å². The lowest BCUT2D eigenvalue weighted by Crippen LogP contribution is -2.17. The minimum Gasteiger partial charge on any atom is -0.310 e. The molecule has 2 atom stereocenters. The van der Waals surface area contributed by atoms with E-state index in [9.17, 15) is 0 Å². The molecule has 0 aliphatic heterocycles. The van der Waals surface area contributed by atoms with Gasteiger partial charge in [-0.05, 0) is 19.3 Å². The second-order valence-electron chi connectivity index (χ2n) is 4.75. The number of aromatic nitrogens is 3. The van der Waals surface area contributed by atoms with Crippen molar-refractivity contribution in [3.05, 3.63) is 29.7 Å².